The lowest BCUT2D eigenvalue weighted by Crippen LogP contribution is -2.48. The molecule has 0 spiro atoms. The fourth-order valence-corrected chi connectivity index (χ4v) is 3.99. The molecule has 1 aromatic rings. The number of thioether (sulfide) groups is 1. The van der Waals surface area contributed by atoms with E-state index in [0.717, 1.165) is 30.4 Å². The van der Waals surface area contributed by atoms with Crippen molar-refractivity contribution in [3.8, 4) is 5.88 Å². The Bertz CT molecular complexity index is 554. The maximum Gasteiger partial charge on any atom is 0.218 e. The first-order valence-corrected chi connectivity index (χ1v) is 9.83. The molecule has 1 aliphatic rings. The molecule has 0 bridgehead atoms. The number of nitrogens with zero attached hydrogens (tertiary/aromatic N) is 3. The smallest absolute Gasteiger partial charge is 0.218 e. The summed E-state index contributed by atoms with van der Waals surface area (Å²) in [5.74, 6) is 3.40. The fraction of sp³-hybridized carbons (Fsp3) is 0.667. The van der Waals surface area contributed by atoms with E-state index >= 15 is 0 Å². The predicted molar refractivity (Wildman–Crippen MR) is 104 cm³/mol. The highest BCUT2D eigenvalue weighted by Crippen LogP contribution is 2.25. The van der Waals surface area contributed by atoms with E-state index < -0.39 is 0 Å². The highest BCUT2D eigenvalue weighted by molar-refractivity contribution is 8.00. The predicted octanol–water partition coefficient (Wildman–Crippen LogP) is 2.26. The molecule has 1 fully saturated rings. The maximum absolute atomic E-state index is 5.70. The van der Waals surface area contributed by atoms with Gasteiger partial charge in [-0.1, -0.05) is 19.9 Å². The number of ether oxygens (including phenoxy) is 2. The van der Waals surface area contributed by atoms with Gasteiger partial charge in [0.05, 0.1) is 6.61 Å². The van der Waals surface area contributed by atoms with Gasteiger partial charge >= 0.3 is 0 Å². The Morgan fingerprint density at radius 3 is 3.04 bits per heavy atom. The number of rotatable bonds is 7. The SMILES string of the molecule is CN=C(NCc1cccnc1OCCOC)N1CCSC(C(C)C)C1. The van der Waals surface area contributed by atoms with Crippen molar-refractivity contribution in [3.05, 3.63) is 23.9 Å². The van der Waals surface area contributed by atoms with Gasteiger partial charge in [0, 0.05) is 56.6 Å². The highest BCUT2D eigenvalue weighted by Gasteiger charge is 2.24. The molecular weight excluding hydrogens is 336 g/mol. The number of hydrogen-bond donors (Lipinski definition) is 1. The van der Waals surface area contributed by atoms with Crippen LogP contribution < -0.4 is 10.1 Å². The van der Waals surface area contributed by atoms with Crippen LogP contribution in [0.3, 0.4) is 0 Å². The zero-order valence-electron chi connectivity index (χ0n) is 15.7. The average Bonchev–Trinajstić information content (AvgIpc) is 2.64. The fourth-order valence-electron chi connectivity index (χ4n) is 2.69. The van der Waals surface area contributed by atoms with Crippen molar-refractivity contribution in [1.82, 2.24) is 15.2 Å². The van der Waals surface area contributed by atoms with Crippen molar-refractivity contribution in [1.29, 1.82) is 0 Å². The van der Waals surface area contributed by atoms with E-state index in [4.69, 9.17) is 9.47 Å². The van der Waals surface area contributed by atoms with Crippen molar-refractivity contribution in [3.63, 3.8) is 0 Å². The van der Waals surface area contributed by atoms with Crippen molar-refractivity contribution < 1.29 is 9.47 Å². The summed E-state index contributed by atoms with van der Waals surface area (Å²) in [4.78, 5) is 11.1. The Kier molecular flexibility index (Phi) is 8.34. The number of hydrogen-bond acceptors (Lipinski definition) is 5. The minimum absolute atomic E-state index is 0.495. The van der Waals surface area contributed by atoms with Crippen LogP contribution in [0.2, 0.25) is 0 Å². The molecule has 1 aliphatic heterocycles. The number of nitrogens with one attached hydrogen (secondary N) is 1. The molecule has 25 heavy (non-hydrogen) atoms. The van der Waals surface area contributed by atoms with E-state index in [0.29, 0.717) is 36.8 Å². The van der Waals surface area contributed by atoms with Crippen LogP contribution in [0.5, 0.6) is 5.88 Å². The molecular formula is C18H30N4O2S. The Labute approximate surface area is 155 Å². The van der Waals surface area contributed by atoms with Crippen LogP contribution in [-0.4, -0.2) is 67.3 Å². The number of aliphatic imine (C=N–C) groups is 1. The van der Waals surface area contributed by atoms with Crippen LogP contribution in [0.25, 0.3) is 0 Å². The Morgan fingerprint density at radius 1 is 1.48 bits per heavy atom. The Balaban J connectivity index is 1.94. The second-order valence-electron chi connectivity index (χ2n) is 6.31. The standard InChI is InChI=1S/C18H30N4O2S/c1-14(2)16-13-22(8-11-25-16)18(19-3)21-12-15-6-5-7-20-17(15)24-10-9-23-4/h5-7,14,16H,8-13H2,1-4H3,(H,19,21). The van der Waals surface area contributed by atoms with E-state index in [-0.39, 0.29) is 0 Å². The van der Waals surface area contributed by atoms with Gasteiger partial charge in [0.1, 0.15) is 6.61 Å². The van der Waals surface area contributed by atoms with Crippen LogP contribution in [0.1, 0.15) is 19.4 Å². The summed E-state index contributed by atoms with van der Waals surface area (Å²) in [6, 6.07) is 3.95. The van der Waals surface area contributed by atoms with Gasteiger partial charge in [-0.15, -0.1) is 0 Å². The average molecular weight is 367 g/mol. The van der Waals surface area contributed by atoms with Crippen molar-refractivity contribution in [2.75, 3.05) is 46.2 Å². The van der Waals surface area contributed by atoms with Crippen LogP contribution in [0.15, 0.2) is 23.3 Å². The molecule has 0 aromatic carbocycles. The summed E-state index contributed by atoms with van der Waals surface area (Å²) in [5.41, 5.74) is 1.02. The first-order chi connectivity index (χ1) is 12.2. The lowest BCUT2D eigenvalue weighted by molar-refractivity contribution is 0.143. The van der Waals surface area contributed by atoms with E-state index in [1.807, 2.05) is 19.2 Å². The molecule has 1 saturated heterocycles. The molecule has 0 saturated carbocycles. The zero-order chi connectivity index (χ0) is 18.1. The largest absolute Gasteiger partial charge is 0.475 e. The van der Waals surface area contributed by atoms with Crippen molar-refractivity contribution >= 4 is 17.7 Å². The van der Waals surface area contributed by atoms with Crippen LogP contribution in [0, 0.1) is 5.92 Å². The number of guanidine groups is 1. The molecule has 0 aliphatic carbocycles. The third-order valence-electron chi connectivity index (χ3n) is 4.16. The summed E-state index contributed by atoms with van der Waals surface area (Å²) in [7, 11) is 3.50. The molecule has 0 amide bonds. The Morgan fingerprint density at radius 2 is 2.32 bits per heavy atom. The molecule has 2 heterocycles. The van der Waals surface area contributed by atoms with Gasteiger partial charge in [-0.2, -0.15) is 11.8 Å². The molecule has 1 unspecified atom stereocenters. The van der Waals surface area contributed by atoms with E-state index in [9.17, 15) is 0 Å². The highest BCUT2D eigenvalue weighted by atomic mass is 32.2. The van der Waals surface area contributed by atoms with E-state index in [1.54, 1.807) is 13.3 Å². The summed E-state index contributed by atoms with van der Waals surface area (Å²) in [6.07, 6.45) is 1.75. The zero-order valence-corrected chi connectivity index (χ0v) is 16.5. The molecule has 0 radical (unpaired) electrons. The minimum atomic E-state index is 0.495. The van der Waals surface area contributed by atoms with Crippen molar-refractivity contribution in [2.45, 2.75) is 25.6 Å². The van der Waals surface area contributed by atoms with Crippen LogP contribution >= 0.6 is 11.8 Å². The summed E-state index contributed by atoms with van der Waals surface area (Å²) in [5, 5.41) is 4.11. The molecule has 6 nitrogen and oxygen atoms in total. The van der Waals surface area contributed by atoms with Gasteiger partial charge in [-0.3, -0.25) is 4.99 Å². The molecule has 2 rings (SSSR count). The van der Waals surface area contributed by atoms with Gasteiger partial charge in [0.15, 0.2) is 5.96 Å². The normalized spacial score (nSPS) is 18.5. The van der Waals surface area contributed by atoms with Crippen LogP contribution in [-0.2, 0) is 11.3 Å². The Hall–Kier alpha value is -1.47. The lowest BCUT2D eigenvalue weighted by atomic mass is 10.1. The second kappa shape index (κ2) is 10.5. The second-order valence-corrected chi connectivity index (χ2v) is 7.66. The van der Waals surface area contributed by atoms with Crippen molar-refractivity contribution in [2.24, 2.45) is 10.9 Å². The van der Waals surface area contributed by atoms with Gasteiger partial charge in [0.25, 0.3) is 0 Å². The van der Waals surface area contributed by atoms with Gasteiger partial charge in [0.2, 0.25) is 5.88 Å². The van der Waals surface area contributed by atoms with Gasteiger partial charge in [-0.25, -0.2) is 4.98 Å². The molecule has 140 valence electrons. The third kappa shape index (κ3) is 6.08. The minimum Gasteiger partial charge on any atom is -0.475 e. The molecule has 1 N–H and O–H groups in total. The summed E-state index contributed by atoms with van der Waals surface area (Å²) >= 11 is 2.06. The summed E-state index contributed by atoms with van der Waals surface area (Å²) < 4.78 is 10.7. The molecule has 1 atom stereocenters. The van der Waals surface area contributed by atoms with Crippen LogP contribution in [0.4, 0.5) is 0 Å². The lowest BCUT2D eigenvalue weighted by Gasteiger charge is -2.36. The monoisotopic (exact) mass is 366 g/mol. The first kappa shape index (κ1) is 19.8. The first-order valence-electron chi connectivity index (χ1n) is 8.78. The van der Waals surface area contributed by atoms with Gasteiger partial charge < -0.3 is 19.7 Å². The number of methoxy groups -OCH3 is 1. The third-order valence-corrected chi connectivity index (χ3v) is 5.70. The number of aromatic nitrogens is 1. The van der Waals surface area contributed by atoms with E-state index in [2.05, 4.69) is 45.8 Å². The van der Waals surface area contributed by atoms with Gasteiger partial charge in [-0.05, 0) is 12.0 Å². The van der Waals surface area contributed by atoms with E-state index in [1.165, 1.54) is 0 Å². The molecule has 7 heteroatoms. The topological polar surface area (TPSA) is 59.0 Å². The summed E-state index contributed by atoms with van der Waals surface area (Å²) in [6.45, 7) is 8.32. The molecule has 1 aromatic heterocycles. The maximum atomic E-state index is 5.70. The number of pyridine rings is 1. The quantitative estimate of drug-likeness (QED) is 0.454.